The average Bonchev–Trinajstić information content (AvgIpc) is 0.906. The SMILES string of the molecule is CCCCCCCCCCCCCCCCCCCCCCC(=O)OC[C@H](COP(=O)(O)OC[C@@H](O)COP(=O)(O)OC[C@@H](COC(=O)CCCCCCCCCC)OC(=O)CCCCCCCCCCCCCCCC(C)C)OC(=O)CCCCCCCCCCCCCCCCCCCCC(C)CC. The highest BCUT2D eigenvalue weighted by Crippen LogP contribution is 2.45. The summed E-state index contributed by atoms with van der Waals surface area (Å²) in [7, 11) is -9.92. The van der Waals surface area contributed by atoms with Gasteiger partial charge in [0.2, 0.25) is 0 Å². The molecule has 19 heteroatoms. The van der Waals surface area contributed by atoms with Crippen LogP contribution in [0.15, 0.2) is 0 Å². The van der Waals surface area contributed by atoms with E-state index >= 15 is 0 Å². The molecule has 0 amide bonds. The van der Waals surface area contributed by atoms with Gasteiger partial charge in [0.15, 0.2) is 12.2 Å². The van der Waals surface area contributed by atoms with Crippen LogP contribution < -0.4 is 0 Å². The monoisotopic (exact) mass is 1550 g/mol. The third-order valence-electron chi connectivity index (χ3n) is 20.8. The lowest BCUT2D eigenvalue weighted by Crippen LogP contribution is -2.30. The first-order valence-electron chi connectivity index (χ1n) is 45.0. The van der Waals surface area contributed by atoms with Crippen molar-refractivity contribution in [3.05, 3.63) is 0 Å². The highest BCUT2D eigenvalue weighted by molar-refractivity contribution is 7.47. The fraction of sp³-hybridized carbons (Fsp3) is 0.954. The van der Waals surface area contributed by atoms with Gasteiger partial charge in [-0.25, -0.2) is 9.13 Å². The molecule has 6 atom stereocenters. The van der Waals surface area contributed by atoms with Crippen LogP contribution in [0.25, 0.3) is 0 Å². The van der Waals surface area contributed by atoms with Gasteiger partial charge in [-0.05, 0) is 37.5 Å². The largest absolute Gasteiger partial charge is 0.472 e. The second-order valence-electron chi connectivity index (χ2n) is 32.0. The van der Waals surface area contributed by atoms with Crippen LogP contribution >= 0.6 is 15.6 Å². The van der Waals surface area contributed by atoms with Crippen molar-refractivity contribution < 1.29 is 80.2 Å². The number of esters is 4. The molecule has 0 bridgehead atoms. The summed E-state index contributed by atoms with van der Waals surface area (Å²) in [4.78, 5) is 73.1. The Kier molecular flexibility index (Phi) is 76.9. The predicted octanol–water partition coefficient (Wildman–Crippen LogP) is 26.6. The Balaban J connectivity index is 5.18. The van der Waals surface area contributed by atoms with Gasteiger partial charge in [0.25, 0.3) is 0 Å². The van der Waals surface area contributed by atoms with E-state index in [1.54, 1.807) is 0 Å². The Labute approximate surface area is 651 Å². The van der Waals surface area contributed by atoms with Crippen LogP contribution in [0.3, 0.4) is 0 Å². The van der Waals surface area contributed by atoms with Gasteiger partial charge in [0.1, 0.15) is 19.3 Å². The third kappa shape index (κ3) is 78.7. The lowest BCUT2D eigenvalue weighted by Gasteiger charge is -2.21. The summed E-state index contributed by atoms with van der Waals surface area (Å²) in [5, 5.41) is 10.7. The zero-order chi connectivity index (χ0) is 77.8. The molecule has 0 aromatic heterocycles. The first-order valence-corrected chi connectivity index (χ1v) is 48.0. The third-order valence-corrected chi connectivity index (χ3v) is 22.7. The molecule has 630 valence electrons. The van der Waals surface area contributed by atoms with E-state index in [9.17, 15) is 43.2 Å². The standard InChI is InChI=1S/C87H170O17P2/c1-7-10-12-14-16-18-19-20-21-22-23-24-28-31-36-41-46-52-58-64-70-85(90)98-76-83(104-87(92)71-65-59-53-47-42-37-32-29-26-25-27-30-35-40-45-50-56-62-68-80(6)9-3)78-102-106(95,96)100-74-81(88)73-99-105(93,94)101-77-82(75-97-84(89)69-63-57-51-17-15-13-11-8-2)103-86(91)72-66-60-54-48-43-38-33-34-39-44-49-55-61-67-79(4)5/h79-83,88H,7-78H2,1-6H3,(H,93,94)(H,95,96)/t80?,81-,82+,83+/m0/s1. The minimum atomic E-state index is -4.97. The normalized spacial score (nSPS) is 14.1. The minimum absolute atomic E-state index is 0.107. The fourth-order valence-electron chi connectivity index (χ4n) is 13.6. The molecule has 3 unspecified atom stereocenters. The zero-order valence-corrected chi connectivity index (χ0v) is 71.5. The van der Waals surface area contributed by atoms with Crippen LogP contribution in [-0.4, -0.2) is 96.7 Å². The molecule has 0 saturated carbocycles. The van der Waals surface area contributed by atoms with Crippen LogP contribution in [0.1, 0.15) is 465 Å². The van der Waals surface area contributed by atoms with Gasteiger partial charge in [0.05, 0.1) is 26.4 Å². The Morgan fingerprint density at radius 3 is 0.717 bits per heavy atom. The summed E-state index contributed by atoms with van der Waals surface area (Å²) in [6, 6.07) is 0. The summed E-state index contributed by atoms with van der Waals surface area (Å²) >= 11 is 0. The first-order chi connectivity index (χ1) is 51.4. The van der Waals surface area contributed by atoms with Crippen molar-refractivity contribution in [2.45, 2.75) is 484 Å². The maximum absolute atomic E-state index is 13.1. The number of hydrogen-bond acceptors (Lipinski definition) is 15. The molecule has 106 heavy (non-hydrogen) atoms. The number of aliphatic hydroxyl groups is 1. The van der Waals surface area contributed by atoms with Crippen molar-refractivity contribution in [3.63, 3.8) is 0 Å². The number of carbonyl (C=O) groups is 4. The maximum Gasteiger partial charge on any atom is 0.472 e. The van der Waals surface area contributed by atoms with Gasteiger partial charge in [0, 0.05) is 25.7 Å². The van der Waals surface area contributed by atoms with Gasteiger partial charge in [-0.3, -0.25) is 37.3 Å². The zero-order valence-electron chi connectivity index (χ0n) is 69.7. The number of phosphoric acid groups is 2. The quantitative estimate of drug-likeness (QED) is 0.0222. The Morgan fingerprint density at radius 2 is 0.481 bits per heavy atom. The molecule has 0 aromatic carbocycles. The molecule has 0 aliphatic rings. The molecule has 0 heterocycles. The van der Waals surface area contributed by atoms with E-state index in [4.69, 9.17) is 37.0 Å². The van der Waals surface area contributed by atoms with Crippen molar-refractivity contribution in [1.82, 2.24) is 0 Å². The maximum atomic E-state index is 13.1. The molecule has 0 radical (unpaired) electrons. The van der Waals surface area contributed by atoms with Crippen LogP contribution in [0.4, 0.5) is 0 Å². The lowest BCUT2D eigenvalue weighted by molar-refractivity contribution is -0.161. The summed E-state index contributed by atoms with van der Waals surface area (Å²) < 4.78 is 68.8. The van der Waals surface area contributed by atoms with Crippen LogP contribution in [0.5, 0.6) is 0 Å². The van der Waals surface area contributed by atoms with E-state index in [2.05, 4.69) is 41.5 Å². The molecule has 0 aliphatic heterocycles. The molecule has 0 aliphatic carbocycles. The topological polar surface area (TPSA) is 237 Å². The first kappa shape index (κ1) is 104. The van der Waals surface area contributed by atoms with E-state index in [-0.39, 0.29) is 25.7 Å². The van der Waals surface area contributed by atoms with E-state index in [0.29, 0.717) is 25.7 Å². The Bertz CT molecular complexity index is 2030. The minimum Gasteiger partial charge on any atom is -0.462 e. The molecule has 0 rings (SSSR count). The molecule has 0 saturated heterocycles. The second-order valence-corrected chi connectivity index (χ2v) is 34.9. The summed E-state index contributed by atoms with van der Waals surface area (Å²) in [6.07, 6.45) is 71.0. The second kappa shape index (κ2) is 78.3. The molecular formula is C87H170O17P2. The van der Waals surface area contributed by atoms with Gasteiger partial charge in [-0.1, -0.05) is 414 Å². The van der Waals surface area contributed by atoms with E-state index in [1.807, 2.05) is 0 Å². The highest BCUT2D eigenvalue weighted by atomic mass is 31.2. The lowest BCUT2D eigenvalue weighted by atomic mass is 9.99. The average molecular weight is 1550 g/mol. The van der Waals surface area contributed by atoms with Gasteiger partial charge in [-0.15, -0.1) is 0 Å². The van der Waals surface area contributed by atoms with Gasteiger partial charge in [-0.2, -0.15) is 0 Å². The van der Waals surface area contributed by atoms with E-state index < -0.39 is 97.5 Å². The van der Waals surface area contributed by atoms with Gasteiger partial charge < -0.3 is 33.8 Å². The number of carbonyl (C=O) groups excluding carboxylic acids is 4. The number of unbranched alkanes of at least 4 members (excludes halogenated alkanes) is 55. The highest BCUT2D eigenvalue weighted by Gasteiger charge is 2.30. The smallest absolute Gasteiger partial charge is 0.462 e. The van der Waals surface area contributed by atoms with E-state index in [0.717, 1.165) is 108 Å². The molecule has 3 N–H and O–H groups in total. The number of aliphatic hydroxyl groups excluding tert-OH is 1. The van der Waals surface area contributed by atoms with Gasteiger partial charge >= 0.3 is 39.5 Å². The van der Waals surface area contributed by atoms with E-state index in [1.165, 1.54) is 276 Å². The predicted molar refractivity (Wildman–Crippen MR) is 437 cm³/mol. The molecule has 17 nitrogen and oxygen atoms in total. The van der Waals surface area contributed by atoms with Crippen molar-refractivity contribution in [1.29, 1.82) is 0 Å². The van der Waals surface area contributed by atoms with Crippen molar-refractivity contribution >= 4 is 39.5 Å². The summed E-state index contributed by atoms with van der Waals surface area (Å²) in [5.74, 6) is -0.446. The molecule has 0 spiro atoms. The van der Waals surface area contributed by atoms with Crippen molar-refractivity contribution in [3.8, 4) is 0 Å². The number of ether oxygens (including phenoxy) is 4. The number of rotatable bonds is 86. The summed E-state index contributed by atoms with van der Waals surface area (Å²) in [6.45, 7) is 9.73. The van der Waals surface area contributed by atoms with Crippen molar-refractivity contribution in [2.24, 2.45) is 11.8 Å². The van der Waals surface area contributed by atoms with Crippen LogP contribution in [0.2, 0.25) is 0 Å². The van der Waals surface area contributed by atoms with Crippen LogP contribution in [0, 0.1) is 11.8 Å². The molecular weight excluding hydrogens is 1380 g/mol. The Hall–Kier alpha value is -1.94. The van der Waals surface area contributed by atoms with Crippen LogP contribution in [-0.2, 0) is 65.4 Å². The molecule has 0 fully saturated rings. The Morgan fingerprint density at radius 1 is 0.274 bits per heavy atom. The number of hydrogen-bond donors (Lipinski definition) is 3. The fourth-order valence-corrected chi connectivity index (χ4v) is 15.1. The number of phosphoric ester groups is 2. The molecule has 0 aromatic rings. The summed E-state index contributed by atoms with van der Waals surface area (Å²) in [5.41, 5.74) is 0. The van der Waals surface area contributed by atoms with Crippen molar-refractivity contribution in [2.75, 3.05) is 39.6 Å².